The van der Waals surface area contributed by atoms with Crippen LogP contribution in [0.3, 0.4) is 0 Å². The molecule has 0 fully saturated rings. The zero-order chi connectivity index (χ0) is 11.2. The quantitative estimate of drug-likeness (QED) is 0.639. The standard InChI is InChI=1S/C7H6N2S.C6H6/c8-7-9-5-3-1-2-4-6(5)10-7;1-2-4-6-5-3-1/h1-4H,(H2,8,9);1-6H. The number of nitrogens with zero attached hydrogens (tertiary/aromatic N) is 1. The molecule has 0 aliphatic rings. The van der Waals surface area contributed by atoms with Gasteiger partial charge in [0.2, 0.25) is 0 Å². The van der Waals surface area contributed by atoms with Gasteiger partial charge >= 0.3 is 0 Å². The topological polar surface area (TPSA) is 38.9 Å². The maximum Gasteiger partial charge on any atom is 0.181 e. The number of anilines is 1. The number of nitrogen functional groups attached to an aromatic ring is 1. The lowest BCUT2D eigenvalue weighted by Crippen LogP contribution is -1.78. The van der Waals surface area contributed by atoms with E-state index in [1.54, 1.807) is 0 Å². The fourth-order valence-electron chi connectivity index (χ4n) is 1.27. The van der Waals surface area contributed by atoms with E-state index in [9.17, 15) is 0 Å². The van der Waals surface area contributed by atoms with Gasteiger partial charge in [-0.25, -0.2) is 4.98 Å². The summed E-state index contributed by atoms with van der Waals surface area (Å²) in [7, 11) is 0. The van der Waals surface area contributed by atoms with E-state index in [2.05, 4.69) is 4.98 Å². The summed E-state index contributed by atoms with van der Waals surface area (Å²) in [6.45, 7) is 0. The highest BCUT2D eigenvalue weighted by atomic mass is 32.1. The molecule has 0 amide bonds. The van der Waals surface area contributed by atoms with Gasteiger partial charge in [-0.1, -0.05) is 59.9 Å². The Morgan fingerprint density at radius 2 is 1.38 bits per heavy atom. The van der Waals surface area contributed by atoms with E-state index < -0.39 is 0 Å². The first-order valence-electron chi connectivity index (χ1n) is 4.97. The van der Waals surface area contributed by atoms with E-state index >= 15 is 0 Å². The summed E-state index contributed by atoms with van der Waals surface area (Å²) >= 11 is 1.52. The first kappa shape index (κ1) is 10.6. The maximum absolute atomic E-state index is 5.50. The lowest BCUT2D eigenvalue weighted by Gasteiger charge is -1.80. The highest BCUT2D eigenvalue weighted by Crippen LogP contribution is 2.22. The summed E-state index contributed by atoms with van der Waals surface area (Å²) in [5, 5.41) is 0.640. The van der Waals surface area contributed by atoms with Gasteiger partial charge in [0.15, 0.2) is 5.13 Å². The molecule has 3 rings (SSSR count). The van der Waals surface area contributed by atoms with Crippen LogP contribution in [0, 0.1) is 0 Å². The van der Waals surface area contributed by atoms with Gasteiger partial charge in [0, 0.05) is 0 Å². The van der Waals surface area contributed by atoms with Crippen molar-refractivity contribution in [2.24, 2.45) is 0 Å². The number of aromatic nitrogens is 1. The molecule has 2 aromatic carbocycles. The van der Waals surface area contributed by atoms with Crippen molar-refractivity contribution >= 4 is 26.7 Å². The monoisotopic (exact) mass is 228 g/mol. The average Bonchev–Trinajstić information content (AvgIpc) is 2.72. The molecule has 3 aromatic rings. The fourth-order valence-corrected chi connectivity index (χ4v) is 2.01. The van der Waals surface area contributed by atoms with Crippen molar-refractivity contribution in [2.75, 3.05) is 5.73 Å². The molecule has 0 bridgehead atoms. The normalized spacial score (nSPS) is 9.50. The second-order valence-corrected chi connectivity index (χ2v) is 4.24. The number of hydrogen-bond acceptors (Lipinski definition) is 3. The molecule has 0 unspecified atom stereocenters. The lowest BCUT2D eigenvalue weighted by molar-refractivity contribution is 1.50. The van der Waals surface area contributed by atoms with E-state index in [-0.39, 0.29) is 0 Å². The van der Waals surface area contributed by atoms with E-state index in [0.29, 0.717) is 5.13 Å². The molecule has 3 heteroatoms. The fraction of sp³-hybridized carbons (Fsp3) is 0. The minimum absolute atomic E-state index is 0.640. The number of benzene rings is 2. The van der Waals surface area contributed by atoms with E-state index in [1.807, 2.05) is 60.7 Å². The molecular weight excluding hydrogens is 216 g/mol. The molecule has 1 heterocycles. The van der Waals surface area contributed by atoms with Crippen molar-refractivity contribution in [3.63, 3.8) is 0 Å². The zero-order valence-electron chi connectivity index (χ0n) is 8.71. The number of para-hydroxylation sites is 1. The molecule has 2 N–H and O–H groups in total. The number of thiazole rings is 1. The summed E-state index contributed by atoms with van der Waals surface area (Å²) in [5.41, 5.74) is 6.49. The van der Waals surface area contributed by atoms with Crippen LogP contribution in [-0.2, 0) is 0 Å². The lowest BCUT2D eigenvalue weighted by atomic mass is 10.3. The number of hydrogen-bond donors (Lipinski definition) is 1. The van der Waals surface area contributed by atoms with Gasteiger partial charge in [0.05, 0.1) is 10.2 Å². The molecule has 0 aliphatic carbocycles. The Balaban J connectivity index is 0.000000138. The van der Waals surface area contributed by atoms with Crippen LogP contribution >= 0.6 is 11.3 Å². The Hall–Kier alpha value is -1.87. The van der Waals surface area contributed by atoms with Gasteiger partial charge in [0.25, 0.3) is 0 Å². The van der Waals surface area contributed by atoms with Gasteiger partial charge < -0.3 is 5.73 Å². The summed E-state index contributed by atoms with van der Waals surface area (Å²) in [6, 6.07) is 19.9. The minimum atomic E-state index is 0.640. The molecule has 0 saturated carbocycles. The van der Waals surface area contributed by atoms with Crippen LogP contribution in [0.5, 0.6) is 0 Å². The van der Waals surface area contributed by atoms with Gasteiger partial charge in [-0.3, -0.25) is 0 Å². The molecule has 0 saturated heterocycles. The van der Waals surface area contributed by atoms with E-state index in [0.717, 1.165) is 10.2 Å². The maximum atomic E-state index is 5.50. The number of rotatable bonds is 0. The third kappa shape index (κ3) is 2.81. The molecule has 1 aromatic heterocycles. The Bertz CT molecular complexity index is 486. The Morgan fingerprint density at radius 1 is 0.812 bits per heavy atom. The van der Waals surface area contributed by atoms with Gasteiger partial charge in [-0.15, -0.1) is 0 Å². The van der Waals surface area contributed by atoms with Gasteiger partial charge in [-0.2, -0.15) is 0 Å². The van der Waals surface area contributed by atoms with Crippen molar-refractivity contribution in [3.8, 4) is 0 Å². The molecule has 0 spiro atoms. The van der Waals surface area contributed by atoms with Crippen LogP contribution in [0.4, 0.5) is 5.13 Å². The third-order valence-electron chi connectivity index (χ3n) is 1.98. The first-order valence-corrected chi connectivity index (χ1v) is 5.79. The molecule has 2 nitrogen and oxygen atoms in total. The predicted molar refractivity (Wildman–Crippen MR) is 70.5 cm³/mol. The van der Waals surface area contributed by atoms with Crippen molar-refractivity contribution in [3.05, 3.63) is 60.7 Å². The molecular formula is C13H12N2S. The average molecular weight is 228 g/mol. The highest BCUT2D eigenvalue weighted by Gasteiger charge is 1.96. The van der Waals surface area contributed by atoms with Crippen molar-refractivity contribution < 1.29 is 0 Å². The van der Waals surface area contributed by atoms with Crippen LogP contribution in [-0.4, -0.2) is 4.98 Å². The first-order chi connectivity index (χ1) is 7.86. The number of fused-ring (bicyclic) bond motifs is 1. The van der Waals surface area contributed by atoms with E-state index in [4.69, 9.17) is 5.73 Å². The summed E-state index contributed by atoms with van der Waals surface area (Å²) in [4.78, 5) is 4.11. The van der Waals surface area contributed by atoms with Crippen LogP contribution in [0.25, 0.3) is 10.2 Å². The second kappa shape index (κ2) is 5.28. The Labute approximate surface area is 98.4 Å². The second-order valence-electron chi connectivity index (χ2n) is 3.17. The van der Waals surface area contributed by atoms with Crippen LogP contribution < -0.4 is 5.73 Å². The van der Waals surface area contributed by atoms with Gasteiger partial charge in [-0.05, 0) is 12.1 Å². The number of nitrogens with two attached hydrogens (primary N) is 1. The molecule has 0 radical (unpaired) electrons. The largest absolute Gasteiger partial charge is 0.375 e. The van der Waals surface area contributed by atoms with Crippen LogP contribution in [0.15, 0.2) is 60.7 Å². The predicted octanol–water partition coefficient (Wildman–Crippen LogP) is 3.57. The third-order valence-corrected chi connectivity index (χ3v) is 2.84. The van der Waals surface area contributed by atoms with Crippen LogP contribution in [0.2, 0.25) is 0 Å². The van der Waals surface area contributed by atoms with E-state index in [1.165, 1.54) is 11.3 Å². The molecule has 0 atom stereocenters. The molecule has 0 aliphatic heterocycles. The minimum Gasteiger partial charge on any atom is -0.375 e. The Morgan fingerprint density at radius 3 is 1.94 bits per heavy atom. The smallest absolute Gasteiger partial charge is 0.181 e. The summed E-state index contributed by atoms with van der Waals surface area (Å²) in [6.07, 6.45) is 0. The molecule has 80 valence electrons. The molecule has 16 heavy (non-hydrogen) atoms. The van der Waals surface area contributed by atoms with Crippen LogP contribution in [0.1, 0.15) is 0 Å². The Kier molecular flexibility index (Phi) is 3.51. The van der Waals surface area contributed by atoms with Crippen molar-refractivity contribution in [1.82, 2.24) is 4.98 Å². The van der Waals surface area contributed by atoms with Crippen molar-refractivity contribution in [2.45, 2.75) is 0 Å². The zero-order valence-corrected chi connectivity index (χ0v) is 9.52. The van der Waals surface area contributed by atoms with Gasteiger partial charge in [0.1, 0.15) is 0 Å². The summed E-state index contributed by atoms with van der Waals surface area (Å²) in [5.74, 6) is 0. The SMILES string of the molecule is Nc1nc2ccccc2s1.c1ccccc1. The highest BCUT2D eigenvalue weighted by molar-refractivity contribution is 7.22. The van der Waals surface area contributed by atoms with Crippen molar-refractivity contribution in [1.29, 1.82) is 0 Å². The summed E-state index contributed by atoms with van der Waals surface area (Å²) < 4.78 is 1.15.